The molecule has 0 aliphatic heterocycles. The van der Waals surface area contributed by atoms with Gasteiger partial charge in [-0.3, -0.25) is 13.9 Å². The van der Waals surface area contributed by atoms with Crippen LogP contribution in [0.25, 0.3) is 0 Å². The van der Waals surface area contributed by atoms with Gasteiger partial charge in [0.15, 0.2) is 0 Å². The zero-order valence-electron chi connectivity index (χ0n) is 19.2. The lowest BCUT2D eigenvalue weighted by Crippen LogP contribution is -2.51. The van der Waals surface area contributed by atoms with Crippen LogP contribution in [0.4, 0.5) is 5.69 Å². The Balaban J connectivity index is 2.35. The molecule has 1 atom stereocenters. The number of rotatable bonds is 10. The molecular formula is C23H31N3O5S. The van der Waals surface area contributed by atoms with Crippen LogP contribution in [-0.2, 0) is 26.2 Å². The molecule has 0 heterocycles. The van der Waals surface area contributed by atoms with Crippen molar-refractivity contribution in [1.29, 1.82) is 0 Å². The van der Waals surface area contributed by atoms with Crippen LogP contribution in [0.3, 0.4) is 0 Å². The Hall–Kier alpha value is -3.07. The molecule has 2 amide bonds. The first-order valence-corrected chi connectivity index (χ1v) is 12.2. The van der Waals surface area contributed by atoms with Crippen LogP contribution in [0.1, 0.15) is 25.0 Å². The molecule has 1 N–H and O–H groups in total. The van der Waals surface area contributed by atoms with E-state index in [9.17, 15) is 18.0 Å². The molecule has 174 valence electrons. The van der Waals surface area contributed by atoms with Gasteiger partial charge in [0, 0.05) is 13.1 Å². The van der Waals surface area contributed by atoms with Crippen molar-refractivity contribution in [3.05, 3.63) is 59.7 Å². The summed E-state index contributed by atoms with van der Waals surface area (Å²) in [5, 5.41) is 2.72. The number of hydrogen-bond donors (Lipinski definition) is 1. The first-order valence-electron chi connectivity index (χ1n) is 10.3. The Bertz CT molecular complexity index is 1020. The van der Waals surface area contributed by atoms with E-state index in [0.717, 1.165) is 21.7 Å². The highest BCUT2D eigenvalue weighted by atomic mass is 32.2. The Morgan fingerprint density at radius 3 is 2.16 bits per heavy atom. The van der Waals surface area contributed by atoms with Crippen molar-refractivity contribution in [2.75, 3.05) is 30.8 Å². The summed E-state index contributed by atoms with van der Waals surface area (Å²) in [6, 6.07) is 13.2. The summed E-state index contributed by atoms with van der Waals surface area (Å²) in [6.45, 7) is 5.57. The molecule has 2 aromatic rings. The molecule has 0 aliphatic rings. The number of ether oxygens (including phenoxy) is 1. The van der Waals surface area contributed by atoms with E-state index < -0.39 is 28.5 Å². The Morgan fingerprint density at radius 2 is 1.66 bits per heavy atom. The van der Waals surface area contributed by atoms with E-state index in [1.807, 2.05) is 31.2 Å². The van der Waals surface area contributed by atoms with Crippen molar-refractivity contribution < 1.29 is 22.7 Å². The van der Waals surface area contributed by atoms with Crippen LogP contribution in [-0.4, -0.2) is 57.6 Å². The monoisotopic (exact) mass is 461 g/mol. The lowest BCUT2D eigenvalue weighted by Gasteiger charge is -2.31. The quantitative estimate of drug-likeness (QED) is 0.586. The van der Waals surface area contributed by atoms with Gasteiger partial charge in [0.05, 0.1) is 19.1 Å². The summed E-state index contributed by atoms with van der Waals surface area (Å²) in [4.78, 5) is 27.2. The molecule has 0 saturated carbocycles. The minimum Gasteiger partial charge on any atom is -0.497 e. The van der Waals surface area contributed by atoms with Crippen molar-refractivity contribution in [1.82, 2.24) is 10.2 Å². The topological polar surface area (TPSA) is 96.0 Å². The maximum absolute atomic E-state index is 13.3. The summed E-state index contributed by atoms with van der Waals surface area (Å²) in [5.41, 5.74) is 2.25. The number of carbonyl (C=O) groups excluding carboxylic acids is 2. The predicted octanol–water partition coefficient (Wildman–Crippen LogP) is 2.32. The number of aryl methyl sites for hydroxylation is 1. The fourth-order valence-corrected chi connectivity index (χ4v) is 4.01. The van der Waals surface area contributed by atoms with Gasteiger partial charge in [0.25, 0.3) is 0 Å². The fourth-order valence-electron chi connectivity index (χ4n) is 3.16. The lowest BCUT2D eigenvalue weighted by atomic mass is 10.1. The number of nitrogens with zero attached hydrogens (tertiary/aromatic N) is 2. The molecule has 0 radical (unpaired) electrons. The van der Waals surface area contributed by atoms with Crippen molar-refractivity contribution in [2.24, 2.45) is 0 Å². The molecular weight excluding hydrogens is 430 g/mol. The van der Waals surface area contributed by atoms with Gasteiger partial charge in [-0.25, -0.2) is 8.42 Å². The predicted molar refractivity (Wildman–Crippen MR) is 125 cm³/mol. The lowest BCUT2D eigenvalue weighted by molar-refractivity contribution is -0.139. The molecule has 0 saturated heterocycles. The largest absolute Gasteiger partial charge is 0.497 e. The van der Waals surface area contributed by atoms with Gasteiger partial charge in [-0.1, -0.05) is 29.8 Å². The standard InChI is InChI=1S/C23H31N3O5S/c1-6-24-23(28)18(3)25(15-19-9-7-17(2)8-10-19)22(27)16-26(32(5,29)30)20-11-13-21(31-4)14-12-20/h7-14,18H,6,15-16H2,1-5H3,(H,24,28)/t18-/m0/s1. The third kappa shape index (κ3) is 6.71. The van der Waals surface area contributed by atoms with Gasteiger partial charge in [-0.2, -0.15) is 0 Å². The number of sulfonamides is 1. The maximum Gasteiger partial charge on any atom is 0.244 e. The highest BCUT2D eigenvalue weighted by Gasteiger charge is 2.29. The molecule has 0 aromatic heterocycles. The van der Waals surface area contributed by atoms with Gasteiger partial charge in [-0.05, 0) is 50.6 Å². The molecule has 0 unspecified atom stereocenters. The van der Waals surface area contributed by atoms with E-state index in [-0.39, 0.29) is 12.5 Å². The number of hydrogen-bond acceptors (Lipinski definition) is 5. The molecule has 2 rings (SSSR count). The molecule has 0 bridgehead atoms. The Labute approximate surface area is 190 Å². The number of methoxy groups -OCH3 is 1. The number of carbonyl (C=O) groups is 2. The number of amides is 2. The van der Waals surface area contributed by atoms with E-state index in [0.29, 0.717) is 18.0 Å². The molecule has 0 aliphatic carbocycles. The van der Waals surface area contributed by atoms with Gasteiger partial charge >= 0.3 is 0 Å². The fraction of sp³-hybridized carbons (Fsp3) is 0.391. The van der Waals surface area contributed by atoms with E-state index in [2.05, 4.69) is 5.32 Å². The Kier molecular flexibility index (Phi) is 8.65. The van der Waals surface area contributed by atoms with Gasteiger partial charge in [0.2, 0.25) is 21.8 Å². The summed E-state index contributed by atoms with van der Waals surface area (Å²) in [6.07, 6.45) is 1.04. The zero-order chi connectivity index (χ0) is 23.9. The smallest absolute Gasteiger partial charge is 0.244 e. The van der Waals surface area contributed by atoms with Crippen LogP contribution >= 0.6 is 0 Å². The summed E-state index contributed by atoms with van der Waals surface area (Å²) < 4.78 is 31.1. The number of nitrogens with one attached hydrogen (secondary N) is 1. The summed E-state index contributed by atoms with van der Waals surface area (Å²) >= 11 is 0. The number of anilines is 1. The second-order valence-electron chi connectivity index (χ2n) is 7.55. The maximum atomic E-state index is 13.3. The second-order valence-corrected chi connectivity index (χ2v) is 9.45. The number of benzene rings is 2. The highest BCUT2D eigenvalue weighted by molar-refractivity contribution is 7.92. The van der Waals surface area contributed by atoms with Crippen LogP contribution in [0.5, 0.6) is 5.75 Å². The Morgan fingerprint density at radius 1 is 1.06 bits per heavy atom. The van der Waals surface area contributed by atoms with E-state index >= 15 is 0 Å². The van der Waals surface area contributed by atoms with Crippen LogP contribution in [0.15, 0.2) is 48.5 Å². The number of likely N-dealkylation sites (N-methyl/N-ethyl adjacent to an activating group) is 1. The molecule has 0 spiro atoms. The zero-order valence-corrected chi connectivity index (χ0v) is 20.0. The first kappa shape index (κ1) is 25.2. The van der Waals surface area contributed by atoms with Crippen molar-refractivity contribution in [2.45, 2.75) is 33.4 Å². The van der Waals surface area contributed by atoms with Gasteiger partial charge < -0.3 is 15.0 Å². The average molecular weight is 462 g/mol. The molecule has 32 heavy (non-hydrogen) atoms. The SMILES string of the molecule is CCNC(=O)[C@H](C)N(Cc1ccc(C)cc1)C(=O)CN(c1ccc(OC)cc1)S(C)(=O)=O. The summed E-state index contributed by atoms with van der Waals surface area (Å²) in [7, 11) is -2.24. The normalized spacial score (nSPS) is 12.0. The second kappa shape index (κ2) is 11.0. The average Bonchev–Trinajstić information content (AvgIpc) is 2.76. The van der Waals surface area contributed by atoms with Crippen LogP contribution < -0.4 is 14.4 Å². The van der Waals surface area contributed by atoms with Crippen LogP contribution in [0.2, 0.25) is 0 Å². The van der Waals surface area contributed by atoms with Gasteiger partial charge in [0.1, 0.15) is 18.3 Å². The molecule has 8 nitrogen and oxygen atoms in total. The van der Waals surface area contributed by atoms with Crippen molar-refractivity contribution in [3.8, 4) is 5.75 Å². The van der Waals surface area contributed by atoms with Crippen molar-refractivity contribution in [3.63, 3.8) is 0 Å². The third-order valence-electron chi connectivity index (χ3n) is 5.03. The van der Waals surface area contributed by atoms with E-state index in [4.69, 9.17) is 4.74 Å². The minimum atomic E-state index is -3.76. The molecule has 0 fully saturated rings. The minimum absolute atomic E-state index is 0.178. The third-order valence-corrected chi connectivity index (χ3v) is 6.17. The molecule has 2 aromatic carbocycles. The highest BCUT2D eigenvalue weighted by Crippen LogP contribution is 2.22. The van der Waals surface area contributed by atoms with E-state index in [1.54, 1.807) is 38.1 Å². The van der Waals surface area contributed by atoms with Crippen LogP contribution in [0, 0.1) is 6.92 Å². The first-order chi connectivity index (χ1) is 15.1. The van der Waals surface area contributed by atoms with Crippen molar-refractivity contribution >= 4 is 27.5 Å². The van der Waals surface area contributed by atoms with E-state index in [1.165, 1.54) is 12.0 Å². The summed E-state index contributed by atoms with van der Waals surface area (Å²) in [5.74, 6) is -0.215. The molecule has 9 heteroatoms. The van der Waals surface area contributed by atoms with Gasteiger partial charge in [-0.15, -0.1) is 0 Å².